The summed E-state index contributed by atoms with van der Waals surface area (Å²) in [5.41, 5.74) is 10.5. The van der Waals surface area contributed by atoms with Crippen LogP contribution in [0.25, 0.3) is 22.4 Å². The number of hydrogen-bond acceptors (Lipinski definition) is 3. The molecular weight excluding hydrogens is 348 g/mol. The van der Waals surface area contributed by atoms with Crippen LogP contribution >= 0.6 is 0 Å². The summed E-state index contributed by atoms with van der Waals surface area (Å²) in [6, 6.07) is 18.8. The Morgan fingerprint density at radius 3 is 2.36 bits per heavy atom. The number of carbonyl (C=O) groups is 1. The maximum absolute atomic E-state index is 12.6. The predicted molar refractivity (Wildman–Crippen MR) is 109 cm³/mol. The molecule has 1 aromatic heterocycles. The second-order valence-electron chi connectivity index (χ2n) is 7.80. The van der Waals surface area contributed by atoms with Gasteiger partial charge in [-0.05, 0) is 42.4 Å². The molecule has 2 fully saturated rings. The van der Waals surface area contributed by atoms with Crippen LogP contribution in [0.1, 0.15) is 37.5 Å². The predicted octanol–water partition coefficient (Wildman–Crippen LogP) is 3.90. The van der Waals surface area contributed by atoms with Crippen LogP contribution in [0.5, 0.6) is 0 Å². The molecule has 3 unspecified atom stereocenters. The molecule has 0 spiro atoms. The smallest absolute Gasteiger partial charge is 0.240 e. The van der Waals surface area contributed by atoms with Gasteiger partial charge in [0.1, 0.15) is 5.82 Å². The third-order valence-corrected chi connectivity index (χ3v) is 6.10. The van der Waals surface area contributed by atoms with Crippen molar-refractivity contribution in [3.63, 3.8) is 0 Å². The number of hydrogen-bond donors (Lipinski definition) is 2. The summed E-state index contributed by atoms with van der Waals surface area (Å²) in [6.07, 6.45) is 5.64. The second kappa shape index (κ2) is 6.91. The number of carbonyl (C=O) groups excluding carboxylic acids is 1. The normalized spacial score (nSPS) is 24.4. The number of amides is 1. The van der Waals surface area contributed by atoms with E-state index in [0.717, 1.165) is 42.8 Å². The van der Waals surface area contributed by atoms with Gasteiger partial charge in [-0.2, -0.15) is 0 Å². The molecule has 2 aliphatic heterocycles. The van der Waals surface area contributed by atoms with Gasteiger partial charge in [-0.15, -0.1) is 0 Å². The molecule has 142 valence electrons. The van der Waals surface area contributed by atoms with Crippen molar-refractivity contribution in [2.45, 2.75) is 43.8 Å². The fourth-order valence-electron chi connectivity index (χ4n) is 4.58. The summed E-state index contributed by atoms with van der Waals surface area (Å²) in [7, 11) is 0. The molecule has 5 rings (SSSR count). The summed E-state index contributed by atoms with van der Waals surface area (Å²) in [6.45, 7) is 0. The highest BCUT2D eigenvalue weighted by Gasteiger charge is 2.43. The number of nitrogens with zero attached hydrogens (tertiary/aromatic N) is 2. The van der Waals surface area contributed by atoms with Crippen LogP contribution in [0.4, 0.5) is 0 Å². The maximum atomic E-state index is 12.6. The lowest BCUT2D eigenvalue weighted by atomic mass is 9.99. The number of nitrogens with two attached hydrogens (primary N) is 1. The molecule has 3 atom stereocenters. The number of nitrogens with one attached hydrogen (secondary N) is 1. The zero-order chi connectivity index (χ0) is 19.1. The van der Waals surface area contributed by atoms with E-state index in [9.17, 15) is 4.79 Å². The van der Waals surface area contributed by atoms with E-state index in [1.165, 1.54) is 11.1 Å². The first-order valence-corrected chi connectivity index (χ1v) is 9.99. The van der Waals surface area contributed by atoms with Crippen molar-refractivity contribution in [1.29, 1.82) is 0 Å². The largest absolute Gasteiger partial charge is 0.340 e. The monoisotopic (exact) mass is 372 g/mol. The van der Waals surface area contributed by atoms with Crippen molar-refractivity contribution in [2.24, 2.45) is 5.73 Å². The van der Waals surface area contributed by atoms with Gasteiger partial charge in [0.25, 0.3) is 0 Å². The second-order valence-corrected chi connectivity index (χ2v) is 7.80. The lowest BCUT2D eigenvalue weighted by Gasteiger charge is -2.36. The zero-order valence-electron chi connectivity index (χ0n) is 15.7. The van der Waals surface area contributed by atoms with Gasteiger partial charge in [0.15, 0.2) is 0 Å². The molecule has 0 bridgehead atoms. The van der Waals surface area contributed by atoms with Gasteiger partial charge in [0.2, 0.25) is 5.91 Å². The van der Waals surface area contributed by atoms with Crippen LogP contribution < -0.4 is 5.73 Å². The lowest BCUT2D eigenvalue weighted by molar-refractivity contribution is -0.138. The number of piperidine rings is 1. The van der Waals surface area contributed by atoms with Gasteiger partial charge >= 0.3 is 0 Å². The summed E-state index contributed by atoms with van der Waals surface area (Å²) in [4.78, 5) is 22.6. The van der Waals surface area contributed by atoms with E-state index >= 15 is 0 Å². The van der Waals surface area contributed by atoms with Gasteiger partial charge in [-0.25, -0.2) is 4.98 Å². The van der Waals surface area contributed by atoms with Crippen molar-refractivity contribution in [2.75, 3.05) is 0 Å². The third-order valence-electron chi connectivity index (χ3n) is 6.10. The molecule has 1 amide bonds. The topological polar surface area (TPSA) is 75.0 Å². The molecule has 2 aromatic carbocycles. The Morgan fingerprint density at radius 1 is 0.893 bits per heavy atom. The number of imidazole rings is 1. The molecule has 2 saturated heterocycles. The highest BCUT2D eigenvalue weighted by atomic mass is 16.2. The quantitative estimate of drug-likeness (QED) is 0.732. The van der Waals surface area contributed by atoms with Crippen molar-refractivity contribution in [1.82, 2.24) is 14.9 Å². The minimum absolute atomic E-state index is 0.0150. The standard InChI is InChI=1S/C23H24N4O/c24-19-12-10-18-11-13-21(27(18)23(19)28)22-25-14-20(26-22)17-8-6-16(7-9-17)15-4-2-1-3-5-15/h1-9,14,18-19,21H,10-13,24H2,(H,25,26). The molecular formula is C23H24N4O. The molecule has 3 heterocycles. The average molecular weight is 372 g/mol. The van der Waals surface area contributed by atoms with Gasteiger partial charge < -0.3 is 15.6 Å². The number of fused-ring (bicyclic) bond motifs is 1. The lowest BCUT2D eigenvalue weighted by Crippen LogP contribution is -2.51. The van der Waals surface area contributed by atoms with Crippen LogP contribution in [0.2, 0.25) is 0 Å². The molecule has 2 aliphatic rings. The number of aromatic amines is 1. The van der Waals surface area contributed by atoms with Crippen LogP contribution in [-0.2, 0) is 4.79 Å². The SMILES string of the molecule is NC1CCC2CCC(c3ncc(-c4ccc(-c5ccccc5)cc4)[nH]3)N2C1=O. The summed E-state index contributed by atoms with van der Waals surface area (Å²) >= 11 is 0. The van der Waals surface area contributed by atoms with Gasteiger partial charge in [0, 0.05) is 6.04 Å². The van der Waals surface area contributed by atoms with Crippen molar-refractivity contribution in [3.8, 4) is 22.4 Å². The van der Waals surface area contributed by atoms with E-state index in [1.807, 2.05) is 29.3 Å². The zero-order valence-corrected chi connectivity index (χ0v) is 15.7. The molecule has 3 N–H and O–H groups in total. The van der Waals surface area contributed by atoms with E-state index < -0.39 is 0 Å². The van der Waals surface area contributed by atoms with Gasteiger partial charge in [0.05, 0.1) is 24.0 Å². The minimum atomic E-state index is -0.364. The fraction of sp³-hybridized carbons (Fsp3) is 0.304. The molecule has 28 heavy (non-hydrogen) atoms. The van der Waals surface area contributed by atoms with E-state index in [-0.39, 0.29) is 18.0 Å². The van der Waals surface area contributed by atoms with Crippen molar-refractivity contribution in [3.05, 3.63) is 66.6 Å². The van der Waals surface area contributed by atoms with E-state index in [4.69, 9.17) is 5.73 Å². The summed E-state index contributed by atoms with van der Waals surface area (Å²) in [5.74, 6) is 0.941. The van der Waals surface area contributed by atoms with Crippen molar-refractivity contribution >= 4 is 5.91 Å². The average Bonchev–Trinajstić information content (AvgIpc) is 3.39. The number of rotatable bonds is 3. The van der Waals surface area contributed by atoms with Crippen LogP contribution in [0.15, 0.2) is 60.8 Å². The number of H-pyrrole nitrogens is 1. The Hall–Kier alpha value is -2.92. The van der Waals surface area contributed by atoms with Gasteiger partial charge in [-0.3, -0.25) is 4.79 Å². The van der Waals surface area contributed by atoms with Crippen LogP contribution in [0, 0.1) is 0 Å². The van der Waals surface area contributed by atoms with E-state index in [2.05, 4.69) is 46.4 Å². The highest BCUT2D eigenvalue weighted by molar-refractivity contribution is 5.83. The molecule has 5 nitrogen and oxygen atoms in total. The molecule has 0 radical (unpaired) electrons. The van der Waals surface area contributed by atoms with Crippen LogP contribution in [-0.4, -0.2) is 32.9 Å². The summed E-state index contributed by atoms with van der Waals surface area (Å²) < 4.78 is 0. The Balaban J connectivity index is 1.38. The molecule has 0 saturated carbocycles. The van der Waals surface area contributed by atoms with E-state index in [1.54, 1.807) is 0 Å². The first-order chi connectivity index (χ1) is 13.7. The Morgan fingerprint density at radius 2 is 1.57 bits per heavy atom. The number of aromatic nitrogens is 2. The first-order valence-electron chi connectivity index (χ1n) is 9.99. The van der Waals surface area contributed by atoms with Crippen molar-refractivity contribution < 1.29 is 4.79 Å². The first kappa shape index (κ1) is 17.2. The maximum Gasteiger partial charge on any atom is 0.240 e. The fourth-order valence-corrected chi connectivity index (χ4v) is 4.58. The Kier molecular flexibility index (Phi) is 4.24. The molecule has 3 aromatic rings. The van der Waals surface area contributed by atoms with Crippen LogP contribution in [0.3, 0.4) is 0 Å². The highest BCUT2D eigenvalue weighted by Crippen LogP contribution is 2.40. The van der Waals surface area contributed by atoms with Gasteiger partial charge in [-0.1, -0.05) is 54.6 Å². The summed E-state index contributed by atoms with van der Waals surface area (Å²) in [5, 5.41) is 0. The molecule has 5 heteroatoms. The minimum Gasteiger partial charge on any atom is -0.340 e. The third kappa shape index (κ3) is 2.92. The number of benzene rings is 2. The van der Waals surface area contributed by atoms with E-state index in [0.29, 0.717) is 6.04 Å². The molecule has 0 aliphatic carbocycles. The Labute approximate surface area is 164 Å². The Bertz CT molecular complexity index is 979.